The number of nitrogens with one attached hydrogen (secondary N) is 1. The van der Waals surface area contributed by atoms with Gasteiger partial charge in [-0.25, -0.2) is 0 Å². The lowest BCUT2D eigenvalue weighted by Crippen LogP contribution is -2.57. The summed E-state index contributed by atoms with van der Waals surface area (Å²) in [4.78, 5) is 77.1. The first kappa shape index (κ1) is 38.2. The van der Waals surface area contributed by atoms with Crippen LogP contribution in [0.4, 0.5) is 0 Å². The lowest BCUT2D eigenvalue weighted by Gasteiger charge is -2.36. The number of Topliss-reactive ketones (excluding diaryl/α,β-unsaturated/α-hetero) is 3. The number of oxime groups is 1. The van der Waals surface area contributed by atoms with E-state index < -0.39 is 34.8 Å². The fourth-order valence-electron chi connectivity index (χ4n) is 8.79. The maximum absolute atomic E-state index is 14.8. The van der Waals surface area contributed by atoms with Crippen molar-refractivity contribution in [2.45, 2.75) is 149 Å². The topological polar surface area (TPSA) is 131 Å². The van der Waals surface area contributed by atoms with Gasteiger partial charge >= 0.3 is 0 Å². The van der Waals surface area contributed by atoms with Gasteiger partial charge in [0.25, 0.3) is 0 Å². The number of carbonyl (C=O) groups is 5. The SMILES string of the molecule is COc1c(C)cc(C2=NO[C@]3(C2)C[C@@H](C(=O)C[C@@H](CC2CC2)C(=O)C(=O)CC2CC2)N(C(=O)[C@@H](NC(=O)CC2CCCCC2)C(C)(C)C)C3)cc1C. The Bertz CT molecular complexity index is 1570. The second-order valence-corrected chi connectivity index (χ2v) is 17.9. The van der Waals surface area contributed by atoms with E-state index in [2.05, 4.69) is 10.5 Å². The molecule has 1 saturated heterocycles. The molecule has 1 spiro atoms. The summed E-state index contributed by atoms with van der Waals surface area (Å²) in [6.45, 7) is 9.87. The minimum Gasteiger partial charge on any atom is -0.496 e. The highest BCUT2D eigenvalue weighted by atomic mass is 16.7. The van der Waals surface area contributed by atoms with Crippen LogP contribution in [0.3, 0.4) is 0 Å². The van der Waals surface area contributed by atoms with Crippen LogP contribution in [0, 0.1) is 42.9 Å². The van der Waals surface area contributed by atoms with Crippen molar-refractivity contribution < 1.29 is 33.5 Å². The van der Waals surface area contributed by atoms with Gasteiger partial charge in [-0.05, 0) is 92.4 Å². The number of benzene rings is 1. The molecule has 3 aliphatic carbocycles. The van der Waals surface area contributed by atoms with Gasteiger partial charge in [0.1, 0.15) is 11.8 Å². The summed E-state index contributed by atoms with van der Waals surface area (Å²) >= 11 is 0. The first-order chi connectivity index (χ1) is 24.7. The van der Waals surface area contributed by atoms with Crippen LogP contribution in [0.1, 0.15) is 134 Å². The molecule has 2 amide bonds. The molecular formula is C42H59N3O7. The monoisotopic (exact) mass is 717 g/mol. The van der Waals surface area contributed by atoms with Gasteiger partial charge in [0.05, 0.1) is 25.4 Å². The Morgan fingerprint density at radius 2 is 1.58 bits per heavy atom. The Kier molecular flexibility index (Phi) is 11.3. The molecule has 1 aromatic rings. The van der Waals surface area contributed by atoms with Gasteiger partial charge in [-0.1, -0.05) is 58.0 Å². The second-order valence-electron chi connectivity index (χ2n) is 17.9. The highest BCUT2D eigenvalue weighted by Crippen LogP contribution is 2.43. The number of hydrogen-bond acceptors (Lipinski definition) is 8. The predicted molar refractivity (Wildman–Crippen MR) is 198 cm³/mol. The largest absolute Gasteiger partial charge is 0.496 e. The smallest absolute Gasteiger partial charge is 0.246 e. The van der Waals surface area contributed by atoms with E-state index in [1.807, 2.05) is 46.8 Å². The molecule has 3 saturated carbocycles. The number of hydrogen-bond donors (Lipinski definition) is 1. The average Bonchev–Trinajstić information content (AvgIpc) is 4.02. The van der Waals surface area contributed by atoms with Crippen molar-refractivity contribution in [2.24, 2.45) is 34.2 Å². The first-order valence-electron chi connectivity index (χ1n) is 19.8. The molecule has 0 unspecified atom stereocenters. The minimum absolute atomic E-state index is 0.0882. The molecule has 4 fully saturated rings. The van der Waals surface area contributed by atoms with E-state index in [0.29, 0.717) is 31.1 Å². The molecule has 0 aromatic heterocycles. The fourth-order valence-corrected chi connectivity index (χ4v) is 8.79. The van der Waals surface area contributed by atoms with E-state index in [-0.39, 0.29) is 55.1 Å². The van der Waals surface area contributed by atoms with E-state index >= 15 is 0 Å². The number of rotatable bonds is 15. The van der Waals surface area contributed by atoms with Crippen molar-refractivity contribution in [3.05, 3.63) is 28.8 Å². The lowest BCUT2D eigenvalue weighted by atomic mass is 9.83. The highest BCUT2D eigenvalue weighted by molar-refractivity contribution is 6.38. The molecular weight excluding hydrogens is 658 g/mol. The zero-order valence-corrected chi connectivity index (χ0v) is 32.2. The van der Waals surface area contributed by atoms with Crippen LogP contribution < -0.4 is 10.1 Å². The Labute approximate surface area is 309 Å². The van der Waals surface area contributed by atoms with Gasteiger partial charge in [-0.15, -0.1) is 0 Å². The van der Waals surface area contributed by atoms with Crippen LogP contribution in [0.2, 0.25) is 0 Å². The molecule has 0 radical (unpaired) electrons. The standard InChI is InChI=1S/C42H59N3O7/c1-25-16-30(17-26(2)38(25)51-6)32-22-42(52-44-32)23-33(34(46)21-31(18-28-12-13-28)37(49)35(47)19-29-14-15-29)45(24-42)40(50)39(41(3,4)5)43-36(48)20-27-10-8-7-9-11-27/h16-17,27-29,31,33,39H,7-15,18-24H2,1-6H3,(H,43,48)/t31-,33+,39-,42-/m1/s1. The van der Waals surface area contributed by atoms with Gasteiger partial charge in [-0.2, -0.15) is 0 Å². The molecule has 2 heterocycles. The number of aryl methyl sites for hydroxylation is 2. The molecule has 4 atom stereocenters. The van der Waals surface area contributed by atoms with Crippen molar-refractivity contribution in [1.82, 2.24) is 10.2 Å². The molecule has 52 heavy (non-hydrogen) atoms. The summed E-state index contributed by atoms with van der Waals surface area (Å²) in [6.07, 6.45) is 11.1. The number of likely N-dealkylation sites (tertiary alicyclic amines) is 1. The summed E-state index contributed by atoms with van der Waals surface area (Å²) in [6, 6.07) is 2.27. The molecule has 284 valence electrons. The number of ether oxygens (including phenoxy) is 1. The Morgan fingerprint density at radius 1 is 0.942 bits per heavy atom. The molecule has 1 aromatic carbocycles. The van der Waals surface area contributed by atoms with Crippen LogP contribution in [-0.2, 0) is 28.8 Å². The van der Waals surface area contributed by atoms with Gasteiger partial charge in [0, 0.05) is 43.6 Å². The Morgan fingerprint density at radius 3 is 2.17 bits per heavy atom. The summed E-state index contributed by atoms with van der Waals surface area (Å²) in [5, 5.41) is 7.61. The number of amides is 2. The van der Waals surface area contributed by atoms with Gasteiger partial charge in [-0.3, -0.25) is 24.0 Å². The number of ketones is 3. The summed E-state index contributed by atoms with van der Waals surface area (Å²) in [7, 11) is 1.65. The molecule has 0 bridgehead atoms. The summed E-state index contributed by atoms with van der Waals surface area (Å²) < 4.78 is 5.57. The predicted octanol–water partition coefficient (Wildman–Crippen LogP) is 6.59. The molecule has 10 nitrogen and oxygen atoms in total. The van der Waals surface area contributed by atoms with Gasteiger partial charge in [0.2, 0.25) is 17.6 Å². The van der Waals surface area contributed by atoms with E-state index in [0.717, 1.165) is 79.5 Å². The number of methoxy groups -OCH3 is 1. The van der Waals surface area contributed by atoms with Crippen LogP contribution in [0.5, 0.6) is 5.75 Å². The van der Waals surface area contributed by atoms with Crippen molar-refractivity contribution in [3.8, 4) is 5.75 Å². The molecule has 5 aliphatic rings. The maximum Gasteiger partial charge on any atom is 0.246 e. The van der Waals surface area contributed by atoms with Crippen LogP contribution in [-0.4, -0.2) is 71.1 Å². The molecule has 1 N–H and O–H groups in total. The van der Waals surface area contributed by atoms with Crippen LogP contribution in [0.25, 0.3) is 0 Å². The normalized spacial score (nSPS) is 24.6. The van der Waals surface area contributed by atoms with E-state index in [4.69, 9.17) is 9.57 Å². The van der Waals surface area contributed by atoms with Crippen LogP contribution in [0.15, 0.2) is 17.3 Å². The minimum atomic E-state index is -0.945. The fraction of sp³-hybridized carbons (Fsp3) is 0.714. The third kappa shape index (κ3) is 8.96. The molecule has 6 rings (SSSR count). The first-order valence-corrected chi connectivity index (χ1v) is 19.8. The Hall–Kier alpha value is -3.56. The van der Waals surface area contributed by atoms with Gasteiger partial charge < -0.3 is 19.8 Å². The number of nitrogens with zero attached hydrogens (tertiary/aromatic N) is 2. The third-order valence-electron chi connectivity index (χ3n) is 12.1. The molecule has 2 aliphatic heterocycles. The van der Waals surface area contributed by atoms with E-state index in [1.54, 1.807) is 12.0 Å². The summed E-state index contributed by atoms with van der Waals surface area (Å²) in [5.74, 6) is -0.453. The zero-order valence-electron chi connectivity index (χ0n) is 32.2. The second kappa shape index (κ2) is 15.4. The van der Waals surface area contributed by atoms with Crippen molar-refractivity contribution in [1.29, 1.82) is 0 Å². The van der Waals surface area contributed by atoms with E-state index in [9.17, 15) is 24.0 Å². The van der Waals surface area contributed by atoms with E-state index in [1.165, 1.54) is 6.42 Å². The van der Waals surface area contributed by atoms with Gasteiger partial charge in [0.15, 0.2) is 17.2 Å². The van der Waals surface area contributed by atoms with Crippen molar-refractivity contribution in [2.75, 3.05) is 13.7 Å². The zero-order chi connectivity index (χ0) is 37.4. The third-order valence-corrected chi connectivity index (χ3v) is 12.1. The van der Waals surface area contributed by atoms with Crippen molar-refractivity contribution in [3.63, 3.8) is 0 Å². The summed E-state index contributed by atoms with van der Waals surface area (Å²) in [5.41, 5.74) is 1.98. The molecule has 10 heteroatoms. The van der Waals surface area contributed by atoms with Crippen molar-refractivity contribution >= 4 is 34.9 Å². The number of carbonyl (C=O) groups excluding carboxylic acids is 5. The Balaban J connectivity index is 1.25. The highest BCUT2D eigenvalue weighted by Gasteiger charge is 2.55. The lowest BCUT2D eigenvalue weighted by molar-refractivity contribution is -0.145. The average molecular weight is 718 g/mol. The maximum atomic E-state index is 14.8. The van der Waals surface area contributed by atoms with Crippen LogP contribution >= 0.6 is 0 Å². The quantitative estimate of drug-likeness (QED) is 0.203.